The summed E-state index contributed by atoms with van der Waals surface area (Å²) in [6.45, 7) is 0. The van der Waals surface area contributed by atoms with Gasteiger partial charge in [0.15, 0.2) is 0 Å². The highest BCUT2D eigenvalue weighted by atomic mass is 79.9. The predicted molar refractivity (Wildman–Crippen MR) is 67.0 cm³/mol. The molecule has 0 unspecified atom stereocenters. The van der Waals surface area contributed by atoms with Crippen molar-refractivity contribution in [3.63, 3.8) is 0 Å². The Morgan fingerprint density at radius 1 is 1.21 bits per heavy atom. The minimum Gasteiger partial charge on any atom is -0.430 e. The standard InChI is InChI=1S/C12H6BrF2NO3/c13-7-3-9(15)10(4-8(7)14)16-12(18)6-1-2-11(17)19-5-6/h1-5H,(H,16,18). The molecule has 0 atom stereocenters. The van der Waals surface area contributed by atoms with Gasteiger partial charge in [-0.3, -0.25) is 4.79 Å². The van der Waals surface area contributed by atoms with E-state index in [0.29, 0.717) is 0 Å². The third-order valence-corrected chi connectivity index (χ3v) is 2.83. The summed E-state index contributed by atoms with van der Waals surface area (Å²) < 4.78 is 31.2. The molecule has 0 aliphatic carbocycles. The molecular formula is C12H6BrF2NO3. The molecule has 1 amide bonds. The summed E-state index contributed by atoms with van der Waals surface area (Å²) in [5.41, 5.74) is -0.906. The van der Waals surface area contributed by atoms with Gasteiger partial charge in [0.2, 0.25) is 0 Å². The number of hydrogen-bond acceptors (Lipinski definition) is 3. The zero-order valence-electron chi connectivity index (χ0n) is 9.25. The highest BCUT2D eigenvalue weighted by Crippen LogP contribution is 2.23. The molecule has 2 aromatic rings. The van der Waals surface area contributed by atoms with Crippen molar-refractivity contribution in [2.75, 3.05) is 5.32 Å². The van der Waals surface area contributed by atoms with Gasteiger partial charge in [-0.05, 0) is 28.1 Å². The Morgan fingerprint density at radius 2 is 1.95 bits per heavy atom. The molecule has 0 spiro atoms. The van der Waals surface area contributed by atoms with Crippen LogP contribution in [0.25, 0.3) is 0 Å². The topological polar surface area (TPSA) is 59.3 Å². The molecule has 1 N–H and O–H groups in total. The fraction of sp³-hybridized carbons (Fsp3) is 0. The smallest absolute Gasteiger partial charge is 0.335 e. The molecule has 0 aliphatic rings. The lowest BCUT2D eigenvalue weighted by Crippen LogP contribution is -2.14. The zero-order chi connectivity index (χ0) is 14.0. The van der Waals surface area contributed by atoms with Crippen molar-refractivity contribution in [3.05, 3.63) is 62.6 Å². The van der Waals surface area contributed by atoms with Crippen LogP contribution in [0.5, 0.6) is 0 Å². The number of benzene rings is 1. The van der Waals surface area contributed by atoms with Gasteiger partial charge in [-0.15, -0.1) is 0 Å². The monoisotopic (exact) mass is 329 g/mol. The number of hydrogen-bond donors (Lipinski definition) is 1. The number of carbonyl (C=O) groups is 1. The Balaban J connectivity index is 2.26. The molecule has 1 heterocycles. The fourth-order valence-corrected chi connectivity index (χ4v) is 1.62. The first-order chi connectivity index (χ1) is 8.97. The molecule has 0 bridgehead atoms. The van der Waals surface area contributed by atoms with Gasteiger partial charge >= 0.3 is 5.63 Å². The molecule has 0 radical (unpaired) electrons. The van der Waals surface area contributed by atoms with E-state index in [9.17, 15) is 18.4 Å². The Morgan fingerprint density at radius 3 is 2.58 bits per heavy atom. The number of amides is 1. The van der Waals surface area contributed by atoms with E-state index in [1.807, 2.05) is 0 Å². The van der Waals surface area contributed by atoms with Gasteiger partial charge in [-0.1, -0.05) is 0 Å². The molecule has 0 saturated carbocycles. The van der Waals surface area contributed by atoms with Gasteiger partial charge in [0.25, 0.3) is 5.91 Å². The average molecular weight is 330 g/mol. The fourth-order valence-electron chi connectivity index (χ4n) is 1.30. The highest BCUT2D eigenvalue weighted by molar-refractivity contribution is 9.10. The molecule has 2 rings (SSSR count). The molecule has 1 aromatic heterocycles. The zero-order valence-corrected chi connectivity index (χ0v) is 10.8. The molecule has 0 saturated heterocycles. The van der Waals surface area contributed by atoms with Gasteiger partial charge in [0.05, 0.1) is 15.7 Å². The number of nitrogens with one attached hydrogen (secondary N) is 1. The van der Waals surface area contributed by atoms with E-state index in [4.69, 9.17) is 0 Å². The van der Waals surface area contributed by atoms with Crippen LogP contribution in [0.15, 0.2) is 44.2 Å². The summed E-state index contributed by atoms with van der Waals surface area (Å²) >= 11 is 2.82. The predicted octanol–water partition coefficient (Wildman–Crippen LogP) is 2.93. The number of rotatable bonds is 2. The Hall–Kier alpha value is -2.02. The van der Waals surface area contributed by atoms with Gasteiger partial charge < -0.3 is 9.73 Å². The van der Waals surface area contributed by atoms with Crippen LogP contribution in [-0.2, 0) is 0 Å². The molecule has 98 valence electrons. The van der Waals surface area contributed by atoms with E-state index in [0.717, 1.165) is 24.5 Å². The van der Waals surface area contributed by atoms with Crippen molar-refractivity contribution in [3.8, 4) is 0 Å². The van der Waals surface area contributed by atoms with Crippen LogP contribution < -0.4 is 10.9 Å². The minimum atomic E-state index is -0.793. The van der Waals surface area contributed by atoms with Crippen molar-refractivity contribution in [2.24, 2.45) is 0 Å². The van der Waals surface area contributed by atoms with Gasteiger partial charge in [-0.25, -0.2) is 13.6 Å². The van der Waals surface area contributed by atoms with E-state index in [-0.39, 0.29) is 15.7 Å². The van der Waals surface area contributed by atoms with Crippen LogP contribution in [0, 0.1) is 11.6 Å². The SMILES string of the molecule is O=C(Nc1cc(F)c(Br)cc1F)c1ccc(=O)oc1. The lowest BCUT2D eigenvalue weighted by atomic mass is 10.2. The maximum Gasteiger partial charge on any atom is 0.335 e. The Bertz CT molecular complexity index is 679. The van der Waals surface area contributed by atoms with Crippen LogP contribution in [0.1, 0.15) is 10.4 Å². The van der Waals surface area contributed by atoms with Crippen LogP contribution in [0.4, 0.5) is 14.5 Å². The summed E-state index contributed by atoms with van der Waals surface area (Å²) in [6.07, 6.45) is 0.935. The normalized spacial score (nSPS) is 10.3. The van der Waals surface area contributed by atoms with Gasteiger partial charge in [-0.2, -0.15) is 0 Å². The Kier molecular flexibility index (Phi) is 3.75. The molecule has 7 heteroatoms. The second kappa shape index (κ2) is 5.31. The lowest BCUT2D eigenvalue weighted by molar-refractivity contribution is 0.102. The van der Waals surface area contributed by atoms with Crippen molar-refractivity contribution < 1.29 is 18.0 Å². The molecule has 1 aromatic carbocycles. The van der Waals surface area contributed by atoms with Crippen LogP contribution in [0.3, 0.4) is 0 Å². The molecule has 0 fully saturated rings. The molecule has 4 nitrogen and oxygen atoms in total. The number of halogens is 3. The van der Waals surface area contributed by atoms with Crippen LogP contribution in [-0.4, -0.2) is 5.91 Å². The third kappa shape index (κ3) is 3.05. The van der Waals surface area contributed by atoms with E-state index in [1.165, 1.54) is 6.07 Å². The minimum absolute atomic E-state index is 0.0160. The maximum absolute atomic E-state index is 13.5. The van der Waals surface area contributed by atoms with E-state index >= 15 is 0 Å². The largest absolute Gasteiger partial charge is 0.430 e. The van der Waals surface area contributed by atoms with E-state index in [2.05, 4.69) is 25.7 Å². The Labute approximate surface area is 114 Å². The van der Waals surface area contributed by atoms with Crippen LogP contribution >= 0.6 is 15.9 Å². The third-order valence-electron chi connectivity index (χ3n) is 2.22. The second-order valence-electron chi connectivity index (χ2n) is 3.54. The molecular weight excluding hydrogens is 324 g/mol. The van der Waals surface area contributed by atoms with E-state index in [1.54, 1.807) is 0 Å². The summed E-state index contributed by atoms with van der Waals surface area (Å²) in [5.74, 6) is -2.22. The summed E-state index contributed by atoms with van der Waals surface area (Å²) in [7, 11) is 0. The summed E-state index contributed by atoms with van der Waals surface area (Å²) in [4.78, 5) is 22.4. The summed E-state index contributed by atoms with van der Waals surface area (Å²) in [5, 5.41) is 2.18. The molecule has 19 heavy (non-hydrogen) atoms. The number of anilines is 1. The van der Waals surface area contributed by atoms with Gasteiger partial charge in [0.1, 0.15) is 17.9 Å². The van der Waals surface area contributed by atoms with Gasteiger partial charge in [0, 0.05) is 12.1 Å². The lowest BCUT2D eigenvalue weighted by Gasteiger charge is -2.06. The summed E-state index contributed by atoms with van der Waals surface area (Å²) in [6, 6.07) is 4.01. The molecule has 0 aliphatic heterocycles. The maximum atomic E-state index is 13.5. The van der Waals surface area contributed by atoms with Crippen molar-refractivity contribution in [2.45, 2.75) is 0 Å². The number of carbonyl (C=O) groups excluding carboxylic acids is 1. The first-order valence-electron chi connectivity index (χ1n) is 5.02. The average Bonchev–Trinajstić information content (AvgIpc) is 2.36. The van der Waals surface area contributed by atoms with Crippen LogP contribution in [0.2, 0.25) is 0 Å². The highest BCUT2D eigenvalue weighted by Gasteiger charge is 2.13. The van der Waals surface area contributed by atoms with Crippen molar-refractivity contribution >= 4 is 27.5 Å². The first-order valence-corrected chi connectivity index (χ1v) is 5.81. The quantitative estimate of drug-likeness (QED) is 0.862. The first kappa shape index (κ1) is 13.4. The second-order valence-corrected chi connectivity index (χ2v) is 4.40. The van der Waals surface area contributed by atoms with E-state index < -0.39 is 23.2 Å². The van der Waals surface area contributed by atoms with Crippen molar-refractivity contribution in [1.29, 1.82) is 0 Å². The van der Waals surface area contributed by atoms with Crippen molar-refractivity contribution in [1.82, 2.24) is 0 Å².